The molecular formula is C15H20N2O2. The van der Waals surface area contributed by atoms with E-state index >= 15 is 0 Å². The molecule has 0 bridgehead atoms. The van der Waals surface area contributed by atoms with E-state index in [9.17, 15) is 4.79 Å². The number of hydrogen-bond donors (Lipinski definition) is 0. The molecule has 1 atom stereocenters. The van der Waals surface area contributed by atoms with Crippen molar-refractivity contribution in [3.8, 4) is 5.75 Å². The molecule has 0 N–H and O–H groups in total. The topological polar surface area (TPSA) is 32.8 Å². The van der Waals surface area contributed by atoms with Gasteiger partial charge >= 0.3 is 0 Å². The van der Waals surface area contributed by atoms with Crippen LogP contribution in [0, 0.1) is 0 Å². The Morgan fingerprint density at radius 1 is 1.32 bits per heavy atom. The first-order valence-corrected chi connectivity index (χ1v) is 6.84. The number of fused-ring (bicyclic) bond motifs is 1. The van der Waals surface area contributed by atoms with Crippen molar-refractivity contribution >= 4 is 5.78 Å². The second-order valence-corrected chi connectivity index (χ2v) is 5.52. The maximum Gasteiger partial charge on any atom is 0.184 e. The largest absolute Gasteiger partial charge is 0.492 e. The molecule has 4 nitrogen and oxygen atoms in total. The Labute approximate surface area is 113 Å². The molecule has 19 heavy (non-hydrogen) atoms. The maximum absolute atomic E-state index is 12.8. The number of ether oxygens (including phenoxy) is 1. The Bertz CT molecular complexity index is 501. The third kappa shape index (κ3) is 2.26. The standard InChI is InChI=1S/C15H20N2O2/c1-16-7-8-17(2)13(10-16)14(18)12-5-3-4-11-6-9-19-15(11)12/h3-5,13H,6-10H2,1-2H3. The van der Waals surface area contributed by atoms with Crippen molar-refractivity contribution in [2.75, 3.05) is 40.3 Å². The van der Waals surface area contributed by atoms with E-state index in [1.54, 1.807) is 0 Å². The van der Waals surface area contributed by atoms with Gasteiger partial charge in [-0.05, 0) is 25.7 Å². The highest BCUT2D eigenvalue weighted by Gasteiger charge is 2.32. The molecule has 2 heterocycles. The predicted molar refractivity (Wildman–Crippen MR) is 73.9 cm³/mol. The number of likely N-dealkylation sites (N-methyl/N-ethyl adjacent to an activating group) is 2. The lowest BCUT2D eigenvalue weighted by molar-refractivity contribution is 0.0683. The van der Waals surface area contributed by atoms with Gasteiger partial charge in [0.1, 0.15) is 5.75 Å². The number of benzene rings is 1. The van der Waals surface area contributed by atoms with Gasteiger partial charge in [-0.15, -0.1) is 0 Å². The summed E-state index contributed by atoms with van der Waals surface area (Å²) in [4.78, 5) is 17.1. The van der Waals surface area contributed by atoms with Crippen molar-refractivity contribution in [1.82, 2.24) is 9.80 Å². The SMILES string of the molecule is CN1CCN(C)C(C(=O)c2cccc3c2OCC3)C1. The van der Waals surface area contributed by atoms with Crippen LogP contribution in [-0.2, 0) is 6.42 Å². The van der Waals surface area contributed by atoms with Crippen LogP contribution in [0.3, 0.4) is 0 Å². The molecule has 102 valence electrons. The van der Waals surface area contributed by atoms with E-state index in [0.29, 0.717) is 6.61 Å². The third-order valence-electron chi connectivity index (χ3n) is 4.13. The van der Waals surface area contributed by atoms with E-state index in [4.69, 9.17) is 4.74 Å². The average Bonchev–Trinajstić information content (AvgIpc) is 2.89. The number of hydrogen-bond acceptors (Lipinski definition) is 4. The smallest absolute Gasteiger partial charge is 0.184 e. The average molecular weight is 260 g/mol. The summed E-state index contributed by atoms with van der Waals surface area (Å²) in [6, 6.07) is 5.85. The summed E-state index contributed by atoms with van der Waals surface area (Å²) >= 11 is 0. The van der Waals surface area contributed by atoms with E-state index in [0.717, 1.165) is 42.9 Å². The van der Waals surface area contributed by atoms with E-state index in [-0.39, 0.29) is 11.8 Å². The fourth-order valence-corrected chi connectivity index (χ4v) is 2.88. The van der Waals surface area contributed by atoms with Crippen LogP contribution < -0.4 is 4.74 Å². The van der Waals surface area contributed by atoms with Crippen LogP contribution >= 0.6 is 0 Å². The van der Waals surface area contributed by atoms with Crippen molar-refractivity contribution in [2.24, 2.45) is 0 Å². The van der Waals surface area contributed by atoms with Gasteiger partial charge in [0.05, 0.1) is 18.2 Å². The molecule has 0 aliphatic carbocycles. The third-order valence-corrected chi connectivity index (χ3v) is 4.13. The zero-order valence-corrected chi connectivity index (χ0v) is 11.6. The fraction of sp³-hybridized carbons (Fsp3) is 0.533. The van der Waals surface area contributed by atoms with Crippen molar-refractivity contribution in [3.05, 3.63) is 29.3 Å². The Morgan fingerprint density at radius 2 is 2.16 bits per heavy atom. The molecule has 0 radical (unpaired) electrons. The molecule has 1 aromatic rings. The van der Waals surface area contributed by atoms with Crippen molar-refractivity contribution in [3.63, 3.8) is 0 Å². The molecular weight excluding hydrogens is 240 g/mol. The van der Waals surface area contributed by atoms with Crippen LogP contribution in [0.5, 0.6) is 5.75 Å². The number of rotatable bonds is 2. The molecule has 2 aliphatic rings. The van der Waals surface area contributed by atoms with Crippen molar-refractivity contribution < 1.29 is 9.53 Å². The minimum absolute atomic E-state index is 0.0607. The van der Waals surface area contributed by atoms with Crippen LogP contribution in [0.2, 0.25) is 0 Å². The summed E-state index contributed by atoms with van der Waals surface area (Å²) in [5, 5.41) is 0. The minimum atomic E-state index is -0.0607. The van der Waals surface area contributed by atoms with Crippen molar-refractivity contribution in [1.29, 1.82) is 0 Å². The molecule has 1 saturated heterocycles. The second-order valence-electron chi connectivity index (χ2n) is 5.52. The highest BCUT2D eigenvalue weighted by molar-refractivity contribution is 6.03. The van der Waals surface area contributed by atoms with Gasteiger partial charge in [-0.3, -0.25) is 9.69 Å². The van der Waals surface area contributed by atoms with Crippen LogP contribution in [-0.4, -0.2) is 62.0 Å². The lowest BCUT2D eigenvalue weighted by Gasteiger charge is -2.36. The van der Waals surface area contributed by atoms with E-state index < -0.39 is 0 Å². The molecule has 0 spiro atoms. The zero-order valence-electron chi connectivity index (χ0n) is 11.6. The van der Waals surface area contributed by atoms with Gasteiger partial charge in [0.25, 0.3) is 0 Å². The van der Waals surface area contributed by atoms with Crippen LogP contribution in [0.25, 0.3) is 0 Å². The Hall–Kier alpha value is -1.39. The lowest BCUT2D eigenvalue weighted by atomic mass is 9.98. The monoisotopic (exact) mass is 260 g/mol. The van der Waals surface area contributed by atoms with Crippen LogP contribution in [0.1, 0.15) is 15.9 Å². The number of carbonyl (C=O) groups is 1. The Kier molecular flexibility index (Phi) is 3.29. The number of Topliss-reactive ketones (excluding diaryl/α,β-unsaturated/α-hetero) is 1. The summed E-state index contributed by atoms with van der Waals surface area (Å²) in [7, 11) is 4.10. The lowest BCUT2D eigenvalue weighted by Crippen LogP contribution is -2.53. The molecule has 4 heteroatoms. The van der Waals surface area contributed by atoms with Gasteiger partial charge in [-0.1, -0.05) is 12.1 Å². The minimum Gasteiger partial charge on any atom is -0.492 e. The summed E-state index contributed by atoms with van der Waals surface area (Å²) in [5.41, 5.74) is 1.92. The summed E-state index contributed by atoms with van der Waals surface area (Å²) in [6.07, 6.45) is 0.914. The van der Waals surface area contributed by atoms with Gasteiger partial charge in [0.2, 0.25) is 0 Å². The van der Waals surface area contributed by atoms with Crippen LogP contribution in [0.4, 0.5) is 0 Å². The van der Waals surface area contributed by atoms with Gasteiger partial charge in [0, 0.05) is 26.1 Å². The second kappa shape index (κ2) is 4.94. The first kappa shape index (κ1) is 12.6. The van der Waals surface area contributed by atoms with E-state index in [1.165, 1.54) is 0 Å². The fourth-order valence-electron chi connectivity index (χ4n) is 2.88. The van der Waals surface area contributed by atoms with Gasteiger partial charge in [-0.2, -0.15) is 0 Å². The number of nitrogens with zero attached hydrogens (tertiary/aromatic N) is 2. The normalized spacial score (nSPS) is 24.0. The summed E-state index contributed by atoms with van der Waals surface area (Å²) in [5.74, 6) is 1.00. The zero-order chi connectivity index (χ0) is 13.4. The number of piperazine rings is 1. The van der Waals surface area contributed by atoms with Crippen molar-refractivity contribution in [2.45, 2.75) is 12.5 Å². The number of carbonyl (C=O) groups excluding carboxylic acids is 1. The quantitative estimate of drug-likeness (QED) is 0.744. The Morgan fingerprint density at radius 3 is 3.00 bits per heavy atom. The molecule has 0 aromatic heterocycles. The first-order chi connectivity index (χ1) is 9.16. The van der Waals surface area contributed by atoms with Crippen LogP contribution in [0.15, 0.2) is 18.2 Å². The number of ketones is 1. The summed E-state index contributed by atoms with van der Waals surface area (Å²) < 4.78 is 5.65. The molecule has 0 amide bonds. The molecule has 2 aliphatic heterocycles. The number of para-hydroxylation sites is 1. The van der Waals surface area contributed by atoms with E-state index in [2.05, 4.69) is 22.9 Å². The molecule has 1 aromatic carbocycles. The predicted octanol–water partition coefficient (Wildman–Crippen LogP) is 1.05. The van der Waals surface area contributed by atoms with Gasteiger partial charge in [-0.25, -0.2) is 0 Å². The highest BCUT2D eigenvalue weighted by atomic mass is 16.5. The first-order valence-electron chi connectivity index (χ1n) is 6.84. The van der Waals surface area contributed by atoms with Gasteiger partial charge in [0.15, 0.2) is 5.78 Å². The molecule has 1 unspecified atom stereocenters. The maximum atomic E-state index is 12.8. The molecule has 0 saturated carbocycles. The highest BCUT2D eigenvalue weighted by Crippen LogP contribution is 2.31. The molecule has 1 fully saturated rings. The molecule has 3 rings (SSSR count). The Balaban J connectivity index is 1.90. The summed E-state index contributed by atoms with van der Waals surface area (Å²) in [6.45, 7) is 3.44. The van der Waals surface area contributed by atoms with E-state index in [1.807, 2.05) is 19.2 Å². The van der Waals surface area contributed by atoms with Gasteiger partial charge < -0.3 is 9.64 Å².